The minimum absolute atomic E-state index is 0.342. The van der Waals surface area contributed by atoms with Crippen molar-refractivity contribution < 1.29 is 9.18 Å². The van der Waals surface area contributed by atoms with Crippen molar-refractivity contribution in [1.29, 1.82) is 0 Å². The Kier molecular flexibility index (Phi) is 4.08. The number of hydrogen-bond donors (Lipinski definition) is 1. The molecule has 2 aromatic heterocycles. The molecule has 0 radical (unpaired) electrons. The van der Waals surface area contributed by atoms with Gasteiger partial charge in [0.1, 0.15) is 11.5 Å². The zero-order chi connectivity index (χ0) is 16.4. The Bertz CT molecular complexity index is 857. The molecule has 3 rings (SSSR count). The fourth-order valence-corrected chi connectivity index (χ4v) is 2.44. The summed E-state index contributed by atoms with van der Waals surface area (Å²) in [4.78, 5) is 19.0. The number of carbonyl (C=O) groups is 1. The predicted molar refractivity (Wildman–Crippen MR) is 86.9 cm³/mol. The van der Waals surface area contributed by atoms with Crippen LogP contribution in [0.5, 0.6) is 0 Å². The zero-order valence-electron chi connectivity index (χ0n) is 13.0. The number of benzene rings is 1. The van der Waals surface area contributed by atoms with Crippen molar-refractivity contribution >= 4 is 17.2 Å². The van der Waals surface area contributed by atoms with E-state index in [9.17, 15) is 9.18 Å². The smallest absolute Gasteiger partial charge is 0.276 e. The van der Waals surface area contributed by atoms with E-state index in [1.807, 2.05) is 47.8 Å². The molecule has 6 heteroatoms. The van der Waals surface area contributed by atoms with Gasteiger partial charge in [-0.15, -0.1) is 0 Å². The molecule has 0 unspecified atom stereocenters. The maximum absolute atomic E-state index is 13.3. The van der Waals surface area contributed by atoms with Gasteiger partial charge in [-0.3, -0.25) is 4.79 Å². The van der Waals surface area contributed by atoms with E-state index in [4.69, 9.17) is 0 Å². The summed E-state index contributed by atoms with van der Waals surface area (Å²) in [6.45, 7) is 0.567. The number of halogens is 1. The van der Waals surface area contributed by atoms with E-state index in [2.05, 4.69) is 10.3 Å². The van der Waals surface area contributed by atoms with Crippen LogP contribution in [0, 0.1) is 5.82 Å². The molecule has 1 N–H and O–H groups in total. The highest BCUT2D eigenvalue weighted by molar-refractivity contribution is 6.04. The fourth-order valence-electron chi connectivity index (χ4n) is 2.44. The summed E-state index contributed by atoms with van der Waals surface area (Å²) < 4.78 is 15.2. The van der Waals surface area contributed by atoms with Gasteiger partial charge in [0, 0.05) is 18.4 Å². The third-order valence-electron chi connectivity index (χ3n) is 3.39. The van der Waals surface area contributed by atoms with Gasteiger partial charge in [0.05, 0.1) is 5.69 Å². The number of aromatic nitrogens is 2. The highest BCUT2D eigenvalue weighted by Gasteiger charge is 2.19. The van der Waals surface area contributed by atoms with Crippen molar-refractivity contribution in [1.82, 2.24) is 14.3 Å². The average Bonchev–Trinajstić information content (AvgIpc) is 2.86. The molecule has 0 saturated heterocycles. The molecular formula is C17H17FN4O. The lowest BCUT2D eigenvalue weighted by Gasteiger charge is -2.11. The first-order chi connectivity index (χ1) is 11.0. The largest absolute Gasteiger partial charge is 0.320 e. The predicted octanol–water partition coefficient (Wildman–Crippen LogP) is 2.79. The molecule has 0 spiro atoms. The number of anilines is 1. The van der Waals surface area contributed by atoms with E-state index in [0.717, 1.165) is 5.69 Å². The molecule has 0 atom stereocenters. The monoisotopic (exact) mass is 312 g/mol. The lowest BCUT2D eigenvalue weighted by Crippen LogP contribution is -2.19. The van der Waals surface area contributed by atoms with Gasteiger partial charge < -0.3 is 14.6 Å². The first kappa shape index (κ1) is 15.2. The molecule has 0 aliphatic carbocycles. The fraction of sp³-hybridized carbons (Fsp3) is 0.176. The molecule has 0 aliphatic heterocycles. The summed E-state index contributed by atoms with van der Waals surface area (Å²) in [5.74, 6) is -0.748. The molecular weight excluding hydrogens is 295 g/mol. The summed E-state index contributed by atoms with van der Waals surface area (Å²) in [7, 11) is 3.85. The Morgan fingerprint density at radius 3 is 2.83 bits per heavy atom. The molecule has 3 aromatic rings. The third kappa shape index (κ3) is 3.22. The van der Waals surface area contributed by atoms with Crippen LogP contribution >= 0.6 is 0 Å². The number of nitrogens with zero attached hydrogens (tertiary/aromatic N) is 3. The van der Waals surface area contributed by atoms with Crippen LogP contribution in [0.4, 0.5) is 10.1 Å². The Hall–Kier alpha value is -2.73. The zero-order valence-corrected chi connectivity index (χ0v) is 13.0. The topological polar surface area (TPSA) is 49.6 Å². The van der Waals surface area contributed by atoms with Crippen LogP contribution in [-0.4, -0.2) is 34.3 Å². The summed E-state index contributed by atoms with van der Waals surface area (Å²) in [5.41, 5.74) is 2.24. The SMILES string of the molecule is CN(C)Cc1c(C(=O)Nc2cccc(F)c2)nc2ccccn12. The quantitative estimate of drug-likeness (QED) is 0.806. The summed E-state index contributed by atoms with van der Waals surface area (Å²) in [6.07, 6.45) is 1.88. The van der Waals surface area contributed by atoms with Crippen LogP contribution in [0.2, 0.25) is 0 Å². The number of imidazole rings is 1. The number of carbonyl (C=O) groups excluding carboxylic acids is 1. The van der Waals surface area contributed by atoms with Crippen LogP contribution in [0.3, 0.4) is 0 Å². The van der Waals surface area contributed by atoms with E-state index in [1.165, 1.54) is 12.1 Å². The third-order valence-corrected chi connectivity index (χ3v) is 3.39. The first-order valence-electron chi connectivity index (χ1n) is 7.22. The molecule has 0 saturated carbocycles. The van der Waals surface area contributed by atoms with Crippen molar-refractivity contribution in [2.45, 2.75) is 6.54 Å². The van der Waals surface area contributed by atoms with E-state index in [0.29, 0.717) is 23.6 Å². The van der Waals surface area contributed by atoms with Crippen molar-refractivity contribution in [3.8, 4) is 0 Å². The Labute approximate surface area is 133 Å². The second-order valence-electron chi connectivity index (χ2n) is 5.54. The summed E-state index contributed by atoms with van der Waals surface area (Å²) >= 11 is 0. The van der Waals surface area contributed by atoms with E-state index in [1.54, 1.807) is 12.1 Å². The van der Waals surface area contributed by atoms with Crippen molar-refractivity contribution in [2.24, 2.45) is 0 Å². The van der Waals surface area contributed by atoms with E-state index < -0.39 is 5.82 Å². The Morgan fingerprint density at radius 1 is 1.26 bits per heavy atom. The molecule has 118 valence electrons. The van der Waals surface area contributed by atoms with Crippen molar-refractivity contribution in [2.75, 3.05) is 19.4 Å². The van der Waals surface area contributed by atoms with Gasteiger partial charge >= 0.3 is 0 Å². The minimum Gasteiger partial charge on any atom is -0.320 e. The summed E-state index contributed by atoms with van der Waals surface area (Å²) in [5, 5.41) is 2.70. The molecule has 23 heavy (non-hydrogen) atoms. The molecule has 1 aromatic carbocycles. The maximum atomic E-state index is 13.3. The molecule has 2 heterocycles. The van der Waals surface area contributed by atoms with Crippen molar-refractivity contribution in [3.05, 3.63) is 65.9 Å². The highest BCUT2D eigenvalue weighted by Crippen LogP contribution is 2.17. The molecule has 5 nitrogen and oxygen atoms in total. The lowest BCUT2D eigenvalue weighted by atomic mass is 10.2. The summed E-state index contributed by atoms with van der Waals surface area (Å²) in [6, 6.07) is 11.4. The number of nitrogens with one attached hydrogen (secondary N) is 1. The second-order valence-corrected chi connectivity index (χ2v) is 5.54. The van der Waals surface area contributed by atoms with Gasteiger partial charge in [0.25, 0.3) is 5.91 Å². The van der Waals surface area contributed by atoms with Crippen molar-refractivity contribution in [3.63, 3.8) is 0 Å². The molecule has 0 aliphatic rings. The number of hydrogen-bond acceptors (Lipinski definition) is 3. The van der Waals surface area contributed by atoms with Gasteiger partial charge in [-0.25, -0.2) is 9.37 Å². The van der Waals surface area contributed by atoms with Crippen LogP contribution in [0.1, 0.15) is 16.2 Å². The van der Waals surface area contributed by atoms with Gasteiger partial charge in [0.15, 0.2) is 5.69 Å². The minimum atomic E-state index is -0.397. The molecule has 0 bridgehead atoms. The second kappa shape index (κ2) is 6.18. The number of pyridine rings is 1. The highest BCUT2D eigenvalue weighted by atomic mass is 19.1. The van der Waals surface area contributed by atoms with E-state index >= 15 is 0 Å². The Balaban J connectivity index is 1.99. The van der Waals surface area contributed by atoms with Gasteiger partial charge in [0.2, 0.25) is 0 Å². The normalized spacial score (nSPS) is 11.1. The van der Waals surface area contributed by atoms with Crippen LogP contribution in [-0.2, 0) is 6.54 Å². The standard InChI is InChI=1S/C17H17FN4O/c1-21(2)11-14-16(20-15-8-3-4-9-22(14)15)17(23)19-13-7-5-6-12(18)10-13/h3-10H,11H2,1-2H3,(H,19,23). The average molecular weight is 312 g/mol. The van der Waals surface area contributed by atoms with Crippen LogP contribution in [0.15, 0.2) is 48.7 Å². The lowest BCUT2D eigenvalue weighted by molar-refractivity contribution is 0.102. The van der Waals surface area contributed by atoms with Crippen LogP contribution in [0.25, 0.3) is 5.65 Å². The van der Waals surface area contributed by atoms with Gasteiger partial charge in [-0.1, -0.05) is 12.1 Å². The maximum Gasteiger partial charge on any atom is 0.276 e. The first-order valence-corrected chi connectivity index (χ1v) is 7.22. The van der Waals surface area contributed by atoms with Gasteiger partial charge in [-0.2, -0.15) is 0 Å². The molecule has 1 amide bonds. The Morgan fingerprint density at radius 2 is 2.09 bits per heavy atom. The number of fused-ring (bicyclic) bond motifs is 1. The van der Waals surface area contributed by atoms with Crippen LogP contribution < -0.4 is 5.32 Å². The van der Waals surface area contributed by atoms with E-state index in [-0.39, 0.29) is 5.91 Å². The number of rotatable bonds is 4. The van der Waals surface area contributed by atoms with Gasteiger partial charge in [-0.05, 0) is 44.4 Å². The molecule has 0 fully saturated rings. The number of amides is 1.